The van der Waals surface area contributed by atoms with Crippen LogP contribution in [0.2, 0.25) is 0 Å². The SMILES string of the molecule is c1ccc(C2(c3ccccc3)c3ccccc3-c3c(N(c4ccc(-c5cccc6ccccc56)cc4)c4cccc(-c5cccc(-c6cccc7c6sc6ccccc67)c5)c4)cccc32)cc1. The molecule has 1 aliphatic carbocycles. The predicted octanol–water partition coefficient (Wildman–Crippen LogP) is 18.0. The van der Waals surface area contributed by atoms with Gasteiger partial charge in [0.1, 0.15) is 0 Å². The van der Waals surface area contributed by atoms with Crippen LogP contribution in [-0.2, 0) is 5.41 Å². The molecule has 12 aromatic rings. The van der Waals surface area contributed by atoms with Gasteiger partial charge in [0.05, 0.1) is 11.1 Å². The minimum Gasteiger partial charge on any atom is -0.310 e. The van der Waals surface area contributed by atoms with Crippen molar-refractivity contribution in [3.8, 4) is 44.5 Å². The monoisotopic (exact) mass is 869 g/mol. The predicted molar refractivity (Wildman–Crippen MR) is 285 cm³/mol. The van der Waals surface area contributed by atoms with Crippen LogP contribution in [0.4, 0.5) is 17.1 Å². The van der Waals surface area contributed by atoms with Gasteiger partial charge in [-0.15, -0.1) is 11.3 Å². The Morgan fingerprint density at radius 1 is 0.328 bits per heavy atom. The van der Waals surface area contributed by atoms with Crippen LogP contribution in [-0.4, -0.2) is 0 Å². The molecule has 13 rings (SSSR count). The lowest BCUT2D eigenvalue weighted by Crippen LogP contribution is -2.28. The van der Waals surface area contributed by atoms with Gasteiger partial charge in [-0.1, -0.05) is 218 Å². The van der Waals surface area contributed by atoms with E-state index in [1.807, 2.05) is 11.3 Å². The highest BCUT2D eigenvalue weighted by Gasteiger charge is 2.47. The summed E-state index contributed by atoms with van der Waals surface area (Å²) in [5.41, 5.74) is 17.6. The lowest BCUT2D eigenvalue weighted by molar-refractivity contribution is 0.768. The maximum absolute atomic E-state index is 2.49. The number of anilines is 3. The Morgan fingerprint density at radius 2 is 0.896 bits per heavy atom. The van der Waals surface area contributed by atoms with Gasteiger partial charge in [0.25, 0.3) is 0 Å². The summed E-state index contributed by atoms with van der Waals surface area (Å²) in [5.74, 6) is 0. The topological polar surface area (TPSA) is 3.24 Å². The Morgan fingerprint density at radius 3 is 1.72 bits per heavy atom. The van der Waals surface area contributed by atoms with Crippen LogP contribution in [0.15, 0.2) is 261 Å². The average Bonchev–Trinajstić information content (AvgIpc) is 3.94. The standard InChI is InChI=1S/C65H43NS/c1-3-23-49(24-4-1)65(50-25-5-2-6-26-50)59-34-11-9-30-58(59)63-60(65)35-17-36-61(63)66(51-40-38-45(39-41-51)54-31-15-19-44-18-7-8-28-53(44)54)52-27-14-21-47(43-52)46-20-13-22-48(42-46)55-32-16-33-57-56-29-10-12-37-62(56)67-64(55)57/h1-43H. The summed E-state index contributed by atoms with van der Waals surface area (Å²) in [5, 5.41) is 5.13. The van der Waals surface area contributed by atoms with E-state index < -0.39 is 5.41 Å². The van der Waals surface area contributed by atoms with Crippen molar-refractivity contribution in [3.05, 3.63) is 283 Å². The number of rotatable bonds is 8. The highest BCUT2D eigenvalue weighted by molar-refractivity contribution is 7.26. The number of hydrogen-bond acceptors (Lipinski definition) is 2. The molecule has 1 aliphatic rings. The van der Waals surface area contributed by atoms with Gasteiger partial charge in [0.2, 0.25) is 0 Å². The van der Waals surface area contributed by atoms with Crippen molar-refractivity contribution in [1.29, 1.82) is 0 Å². The van der Waals surface area contributed by atoms with Gasteiger partial charge >= 0.3 is 0 Å². The molecule has 314 valence electrons. The van der Waals surface area contributed by atoms with Crippen molar-refractivity contribution in [1.82, 2.24) is 0 Å². The third-order valence-corrected chi connectivity index (χ3v) is 15.2. The van der Waals surface area contributed by atoms with Crippen molar-refractivity contribution < 1.29 is 0 Å². The summed E-state index contributed by atoms with van der Waals surface area (Å²) in [6, 6.07) is 96.3. The van der Waals surface area contributed by atoms with Gasteiger partial charge in [0, 0.05) is 37.1 Å². The smallest absolute Gasteiger partial charge is 0.0714 e. The van der Waals surface area contributed by atoms with E-state index >= 15 is 0 Å². The fourth-order valence-corrected chi connectivity index (χ4v) is 12.3. The largest absolute Gasteiger partial charge is 0.310 e. The zero-order valence-electron chi connectivity index (χ0n) is 36.7. The van der Waals surface area contributed by atoms with Crippen LogP contribution in [0.5, 0.6) is 0 Å². The lowest BCUT2D eigenvalue weighted by atomic mass is 9.68. The van der Waals surface area contributed by atoms with Crippen LogP contribution < -0.4 is 4.90 Å². The third kappa shape index (κ3) is 6.29. The molecule has 1 aromatic heterocycles. The van der Waals surface area contributed by atoms with Gasteiger partial charge in [-0.25, -0.2) is 0 Å². The van der Waals surface area contributed by atoms with Crippen molar-refractivity contribution in [2.75, 3.05) is 4.90 Å². The number of hydrogen-bond donors (Lipinski definition) is 0. The Hall–Kier alpha value is -8.30. The van der Waals surface area contributed by atoms with Gasteiger partial charge in [-0.2, -0.15) is 0 Å². The minimum atomic E-state index is -0.520. The van der Waals surface area contributed by atoms with Crippen LogP contribution in [0.1, 0.15) is 22.3 Å². The molecule has 0 fully saturated rings. The van der Waals surface area contributed by atoms with Gasteiger partial charge in [-0.05, 0) is 114 Å². The molecule has 0 bridgehead atoms. The van der Waals surface area contributed by atoms with E-state index in [-0.39, 0.29) is 0 Å². The van der Waals surface area contributed by atoms with E-state index in [0.29, 0.717) is 0 Å². The Bertz CT molecular complexity index is 3760. The van der Waals surface area contributed by atoms with Gasteiger partial charge in [-0.3, -0.25) is 0 Å². The van der Waals surface area contributed by atoms with Crippen molar-refractivity contribution in [2.24, 2.45) is 0 Å². The molecule has 0 N–H and O–H groups in total. The van der Waals surface area contributed by atoms with E-state index in [1.165, 1.54) is 92.1 Å². The fourth-order valence-electron chi connectivity index (χ4n) is 11.0. The molecule has 0 spiro atoms. The molecule has 2 heteroatoms. The second-order valence-corrected chi connectivity index (χ2v) is 18.6. The van der Waals surface area contributed by atoms with Gasteiger partial charge < -0.3 is 4.90 Å². The van der Waals surface area contributed by atoms with Crippen molar-refractivity contribution >= 4 is 59.3 Å². The zero-order chi connectivity index (χ0) is 44.3. The molecule has 0 aliphatic heterocycles. The van der Waals surface area contributed by atoms with Crippen LogP contribution >= 0.6 is 11.3 Å². The van der Waals surface area contributed by atoms with E-state index in [1.54, 1.807) is 0 Å². The molecule has 11 aromatic carbocycles. The summed E-state index contributed by atoms with van der Waals surface area (Å²) >= 11 is 1.88. The molecular weight excluding hydrogens is 827 g/mol. The van der Waals surface area contributed by atoms with Gasteiger partial charge in [0.15, 0.2) is 0 Å². The molecule has 0 atom stereocenters. The lowest BCUT2D eigenvalue weighted by Gasteiger charge is -2.34. The highest BCUT2D eigenvalue weighted by Crippen LogP contribution is 2.59. The normalized spacial score (nSPS) is 12.6. The Labute approximate surface area is 395 Å². The second-order valence-electron chi connectivity index (χ2n) is 17.5. The quantitative estimate of drug-likeness (QED) is 0.147. The Balaban J connectivity index is 1.01. The molecule has 0 amide bonds. The first-order valence-corrected chi connectivity index (χ1v) is 23.9. The van der Waals surface area contributed by atoms with Crippen LogP contribution in [0.25, 0.3) is 75.5 Å². The summed E-state index contributed by atoms with van der Waals surface area (Å²) < 4.78 is 2.65. The molecular formula is C65H43NS. The molecule has 0 radical (unpaired) electrons. The molecule has 1 nitrogen and oxygen atoms in total. The summed E-state index contributed by atoms with van der Waals surface area (Å²) in [6.07, 6.45) is 0. The summed E-state index contributed by atoms with van der Waals surface area (Å²) in [7, 11) is 0. The average molecular weight is 870 g/mol. The molecule has 1 heterocycles. The maximum Gasteiger partial charge on any atom is 0.0714 e. The summed E-state index contributed by atoms with van der Waals surface area (Å²) in [4.78, 5) is 2.49. The first-order chi connectivity index (χ1) is 33.2. The number of nitrogens with zero attached hydrogens (tertiary/aromatic N) is 1. The number of benzene rings is 11. The zero-order valence-corrected chi connectivity index (χ0v) is 37.5. The Kier molecular flexibility index (Phi) is 9.33. The second kappa shape index (κ2) is 16.0. The van der Waals surface area contributed by atoms with E-state index in [2.05, 4.69) is 266 Å². The first kappa shape index (κ1) is 39.1. The van der Waals surface area contributed by atoms with Crippen LogP contribution in [0, 0.1) is 0 Å². The third-order valence-electron chi connectivity index (χ3n) is 13.9. The van der Waals surface area contributed by atoms with E-state index in [0.717, 1.165) is 22.6 Å². The maximum atomic E-state index is 2.49. The minimum absolute atomic E-state index is 0.520. The molecule has 67 heavy (non-hydrogen) atoms. The van der Waals surface area contributed by atoms with Crippen molar-refractivity contribution in [2.45, 2.75) is 5.41 Å². The number of thiophene rings is 1. The van der Waals surface area contributed by atoms with E-state index in [4.69, 9.17) is 0 Å². The van der Waals surface area contributed by atoms with E-state index in [9.17, 15) is 0 Å². The highest BCUT2D eigenvalue weighted by atomic mass is 32.1. The first-order valence-electron chi connectivity index (χ1n) is 23.1. The van der Waals surface area contributed by atoms with Crippen molar-refractivity contribution in [3.63, 3.8) is 0 Å². The fraction of sp³-hybridized carbons (Fsp3) is 0.0154. The molecule has 0 unspecified atom stereocenters. The molecule has 0 saturated heterocycles. The van der Waals surface area contributed by atoms with Crippen LogP contribution in [0.3, 0.4) is 0 Å². The molecule has 0 saturated carbocycles. The number of fused-ring (bicyclic) bond motifs is 7. The summed E-state index contributed by atoms with van der Waals surface area (Å²) in [6.45, 7) is 0.